The maximum Gasteiger partial charge on any atom is 0.238 e. The molecule has 35 heavy (non-hydrogen) atoms. The molecule has 4 aromatic heterocycles. The van der Waals surface area contributed by atoms with Crippen LogP contribution in [0.1, 0.15) is 0 Å². The summed E-state index contributed by atoms with van der Waals surface area (Å²) in [6.45, 7) is 0. The molecule has 162 valence electrons. The number of aromatic amines is 1. The second kappa shape index (κ2) is 5.99. The molecule has 0 fully saturated rings. The third-order valence-corrected chi connectivity index (χ3v) is 7.69. The van der Waals surface area contributed by atoms with Crippen molar-refractivity contribution < 1.29 is 4.57 Å². The van der Waals surface area contributed by atoms with E-state index in [1.54, 1.807) is 0 Å². The van der Waals surface area contributed by atoms with Crippen molar-refractivity contribution in [3.05, 3.63) is 109 Å². The number of hydrogen-bond donors (Lipinski definition) is 1. The van der Waals surface area contributed by atoms with Crippen molar-refractivity contribution in [3.63, 3.8) is 0 Å². The predicted molar refractivity (Wildman–Crippen MR) is 143 cm³/mol. The Hall–Kier alpha value is -4.83. The van der Waals surface area contributed by atoms with Crippen molar-refractivity contribution >= 4 is 65.3 Å². The largest absolute Gasteiger partial charge is 0.241 e. The van der Waals surface area contributed by atoms with E-state index in [4.69, 9.17) is 0 Å². The fraction of sp³-hybridized carbons (Fsp3) is 0. The number of nitrogens with zero attached hydrogens (tertiary/aromatic N) is 3. The summed E-state index contributed by atoms with van der Waals surface area (Å²) in [6, 6.07) is 37.2. The monoisotopic (exact) mass is 447 g/mol. The number of para-hydroxylation sites is 2. The molecule has 0 aliphatic carbocycles. The number of nitrogens with one attached hydrogen (secondary N) is 1. The topological polar surface area (TPSA) is 28.5 Å². The first kappa shape index (κ1) is 17.6. The average molecular weight is 448 g/mol. The summed E-state index contributed by atoms with van der Waals surface area (Å²) in [7, 11) is 0. The predicted octanol–water partition coefficient (Wildman–Crippen LogP) is 7.00. The summed E-state index contributed by atoms with van der Waals surface area (Å²) >= 11 is 0. The second-order valence-electron chi connectivity index (χ2n) is 9.39. The van der Waals surface area contributed by atoms with E-state index in [1.807, 2.05) is 0 Å². The van der Waals surface area contributed by atoms with Gasteiger partial charge in [0.15, 0.2) is 5.52 Å². The van der Waals surface area contributed by atoms with Gasteiger partial charge < -0.3 is 0 Å². The van der Waals surface area contributed by atoms with E-state index in [0.717, 1.165) is 0 Å². The van der Waals surface area contributed by atoms with Gasteiger partial charge in [-0.3, -0.25) is 0 Å². The maximum absolute atomic E-state index is 3.76. The molecule has 9 aromatic rings. The Bertz CT molecular complexity index is 2260. The Morgan fingerprint density at radius 1 is 0.514 bits per heavy atom. The highest BCUT2D eigenvalue weighted by atomic mass is 15.4. The van der Waals surface area contributed by atoms with Gasteiger partial charge in [-0.05, 0) is 34.4 Å². The summed E-state index contributed by atoms with van der Waals surface area (Å²) < 4.78 is 6.86. The van der Waals surface area contributed by atoms with Crippen LogP contribution in [-0.4, -0.2) is 14.2 Å². The lowest BCUT2D eigenvalue weighted by Crippen LogP contribution is -2.29. The Kier molecular flexibility index (Phi) is 3.01. The van der Waals surface area contributed by atoms with Crippen molar-refractivity contribution in [2.75, 3.05) is 0 Å². The first-order chi connectivity index (χ1) is 17.4. The van der Waals surface area contributed by atoms with E-state index in [9.17, 15) is 0 Å². The van der Waals surface area contributed by atoms with Gasteiger partial charge in [0.2, 0.25) is 16.7 Å². The minimum absolute atomic E-state index is 1.17. The van der Waals surface area contributed by atoms with Crippen LogP contribution in [0.5, 0.6) is 0 Å². The minimum Gasteiger partial charge on any atom is -0.241 e. The number of hydrogen-bond acceptors (Lipinski definition) is 0. The molecule has 1 N–H and O–H groups in total. The molecule has 0 spiro atoms. The van der Waals surface area contributed by atoms with Crippen LogP contribution in [0.15, 0.2) is 109 Å². The number of H-pyrrole nitrogens is 1. The quantitative estimate of drug-likeness (QED) is 0.207. The lowest BCUT2D eigenvalue weighted by atomic mass is 9.94. The molecule has 5 aromatic carbocycles. The van der Waals surface area contributed by atoms with E-state index in [0.29, 0.717) is 0 Å². The molecular formula is C31H19N4+. The van der Waals surface area contributed by atoms with Crippen LogP contribution in [0.3, 0.4) is 0 Å². The second-order valence-corrected chi connectivity index (χ2v) is 9.39. The molecule has 0 saturated carbocycles. The van der Waals surface area contributed by atoms with E-state index in [2.05, 4.69) is 128 Å². The Morgan fingerprint density at radius 3 is 2.14 bits per heavy atom. The van der Waals surface area contributed by atoms with E-state index >= 15 is 0 Å². The van der Waals surface area contributed by atoms with Gasteiger partial charge in [-0.25, -0.2) is 14.2 Å². The maximum atomic E-state index is 3.76. The number of benzene rings is 5. The third-order valence-electron chi connectivity index (χ3n) is 7.69. The molecule has 9 rings (SSSR count). The summed E-state index contributed by atoms with van der Waals surface area (Å²) in [5.41, 5.74) is 7.19. The number of fused-ring (bicyclic) bond motifs is 6. The van der Waals surface area contributed by atoms with Gasteiger partial charge in [0.1, 0.15) is 0 Å². The van der Waals surface area contributed by atoms with E-state index < -0.39 is 0 Å². The van der Waals surface area contributed by atoms with Crippen LogP contribution >= 0.6 is 0 Å². The fourth-order valence-corrected chi connectivity index (χ4v) is 6.38. The summed E-state index contributed by atoms with van der Waals surface area (Å²) in [6.07, 6.45) is 2.13. The Morgan fingerprint density at radius 2 is 1.26 bits per heavy atom. The lowest BCUT2D eigenvalue weighted by Gasteiger charge is -2.08. The third kappa shape index (κ3) is 1.98. The summed E-state index contributed by atoms with van der Waals surface area (Å²) in [5.74, 6) is 0. The molecular weight excluding hydrogens is 428 g/mol. The highest BCUT2D eigenvalue weighted by Crippen LogP contribution is 2.44. The molecule has 0 aliphatic rings. The number of pyridine rings is 1. The van der Waals surface area contributed by atoms with Crippen LogP contribution in [0.25, 0.3) is 71.0 Å². The molecule has 4 nitrogen and oxygen atoms in total. The van der Waals surface area contributed by atoms with Gasteiger partial charge >= 0.3 is 0 Å². The Labute approximate surface area is 199 Å². The molecule has 0 amide bonds. The molecule has 0 atom stereocenters. The molecule has 0 bridgehead atoms. The van der Waals surface area contributed by atoms with Crippen LogP contribution in [-0.2, 0) is 0 Å². The standard InChI is InChI=1S/C31H19N4/c1-2-9-19(10-3-1)34-25-17-16-22-20-11-4-5-12-21(20)27-23-13-6-7-14-24(23)35-31(27)28(22)29(25)30-26(34)15-8-18-33(30)32-35/h1-18,32H/q+1. The molecule has 0 saturated heterocycles. The van der Waals surface area contributed by atoms with Crippen molar-refractivity contribution in [1.82, 2.24) is 14.2 Å². The fourth-order valence-electron chi connectivity index (χ4n) is 6.38. The zero-order valence-electron chi connectivity index (χ0n) is 18.7. The van der Waals surface area contributed by atoms with Gasteiger partial charge in [0.05, 0.1) is 16.4 Å². The zero-order valence-corrected chi connectivity index (χ0v) is 18.7. The molecule has 4 heterocycles. The highest BCUT2D eigenvalue weighted by molar-refractivity contribution is 6.37. The summed E-state index contributed by atoms with van der Waals surface area (Å²) in [4.78, 5) is 0. The Balaban J connectivity index is 1.72. The van der Waals surface area contributed by atoms with Gasteiger partial charge in [0, 0.05) is 46.6 Å². The molecule has 4 heteroatoms. The number of rotatable bonds is 1. The van der Waals surface area contributed by atoms with Gasteiger partial charge in [-0.2, -0.15) is 4.57 Å². The average Bonchev–Trinajstić information content (AvgIpc) is 3.37. The molecule has 0 aliphatic heterocycles. The van der Waals surface area contributed by atoms with Gasteiger partial charge in [-0.1, -0.05) is 60.7 Å². The van der Waals surface area contributed by atoms with Gasteiger partial charge in [0.25, 0.3) is 0 Å². The highest BCUT2D eigenvalue weighted by Gasteiger charge is 2.29. The van der Waals surface area contributed by atoms with Crippen LogP contribution < -0.4 is 4.57 Å². The summed E-state index contributed by atoms with van der Waals surface area (Å²) in [5, 5.41) is 12.8. The van der Waals surface area contributed by atoms with Crippen LogP contribution in [0.2, 0.25) is 0 Å². The van der Waals surface area contributed by atoms with Gasteiger partial charge in [-0.15, -0.1) is 0 Å². The number of aromatic nitrogens is 4. The van der Waals surface area contributed by atoms with Crippen molar-refractivity contribution in [2.45, 2.75) is 0 Å². The van der Waals surface area contributed by atoms with Crippen molar-refractivity contribution in [1.29, 1.82) is 0 Å². The lowest BCUT2D eigenvalue weighted by molar-refractivity contribution is -0.536. The van der Waals surface area contributed by atoms with Crippen LogP contribution in [0.4, 0.5) is 0 Å². The molecule has 0 radical (unpaired) electrons. The van der Waals surface area contributed by atoms with Crippen molar-refractivity contribution in [2.24, 2.45) is 0 Å². The SMILES string of the molecule is c1ccc(-[n+]2c3ccc4c5ccccc5c5c6ccccc6n6[nH]n7cccc2c7c3c4c56)cc1. The van der Waals surface area contributed by atoms with Crippen molar-refractivity contribution in [3.8, 4) is 5.69 Å². The normalized spacial score (nSPS) is 12.6. The smallest absolute Gasteiger partial charge is 0.238 e. The first-order valence-corrected chi connectivity index (χ1v) is 12.0. The molecule has 0 unspecified atom stereocenters. The van der Waals surface area contributed by atoms with Crippen LogP contribution in [0, 0.1) is 0 Å². The minimum atomic E-state index is 1.17. The van der Waals surface area contributed by atoms with E-state index in [1.165, 1.54) is 71.0 Å². The first-order valence-electron chi connectivity index (χ1n) is 12.0. The van der Waals surface area contributed by atoms with E-state index in [-0.39, 0.29) is 0 Å². The zero-order chi connectivity index (χ0) is 22.7.